The zero-order chi connectivity index (χ0) is 30.7. The maximum atomic E-state index is 13.7. The van der Waals surface area contributed by atoms with Crippen molar-refractivity contribution in [3.63, 3.8) is 0 Å². The fourth-order valence-corrected chi connectivity index (χ4v) is 6.64. The van der Waals surface area contributed by atoms with Crippen LogP contribution in [0.15, 0.2) is 88.8 Å². The molecule has 0 saturated heterocycles. The van der Waals surface area contributed by atoms with Crippen LogP contribution in [0.2, 0.25) is 0 Å². The monoisotopic (exact) mass is 629 g/mol. The predicted octanol–water partition coefficient (Wildman–Crippen LogP) is 3.91. The zero-order valence-electron chi connectivity index (χ0n) is 23.9. The summed E-state index contributed by atoms with van der Waals surface area (Å²) in [7, 11) is -3.69. The minimum atomic E-state index is -3.69. The fourth-order valence-electron chi connectivity index (χ4n) is 4.43. The summed E-state index contributed by atoms with van der Waals surface area (Å²) in [5, 5.41) is 8.95. The average molecular weight is 630 g/mol. The molecule has 0 unspecified atom stereocenters. The number of hydrogen-bond acceptors (Lipinski definition) is 9. The highest BCUT2D eigenvalue weighted by atomic mass is 32.2. The van der Waals surface area contributed by atoms with Crippen molar-refractivity contribution in [3.05, 3.63) is 95.8 Å². The minimum absolute atomic E-state index is 0.0362. The van der Waals surface area contributed by atoms with E-state index in [-0.39, 0.29) is 35.4 Å². The van der Waals surface area contributed by atoms with Gasteiger partial charge in [0.15, 0.2) is 15.4 Å². The van der Waals surface area contributed by atoms with Crippen LogP contribution in [0.25, 0.3) is 0 Å². The molecule has 1 aliphatic heterocycles. The van der Waals surface area contributed by atoms with Gasteiger partial charge < -0.3 is 14.6 Å². The van der Waals surface area contributed by atoms with Crippen molar-refractivity contribution in [2.45, 2.75) is 42.1 Å². The van der Waals surface area contributed by atoms with E-state index in [9.17, 15) is 17.6 Å². The zero-order valence-corrected chi connectivity index (χ0v) is 25.5. The predicted molar refractivity (Wildman–Crippen MR) is 165 cm³/mol. The smallest absolute Gasteiger partial charge is 0.266 e. The number of ether oxygens (including phenoxy) is 2. The van der Waals surface area contributed by atoms with Crippen molar-refractivity contribution >= 4 is 33.4 Å². The van der Waals surface area contributed by atoms with Crippen LogP contribution in [-0.4, -0.2) is 68.2 Å². The van der Waals surface area contributed by atoms with E-state index in [0.717, 1.165) is 5.56 Å². The first-order chi connectivity index (χ1) is 20.7. The molecule has 0 aliphatic carbocycles. The maximum absolute atomic E-state index is 13.7. The van der Waals surface area contributed by atoms with E-state index >= 15 is 0 Å². The van der Waals surface area contributed by atoms with Gasteiger partial charge in [-0.3, -0.25) is 10.2 Å². The van der Waals surface area contributed by atoms with Gasteiger partial charge in [-0.1, -0.05) is 30.3 Å². The van der Waals surface area contributed by atoms with Gasteiger partial charge in [0.05, 0.1) is 17.3 Å². The molecule has 1 aliphatic rings. The van der Waals surface area contributed by atoms with Crippen LogP contribution in [-0.2, 0) is 25.1 Å². The van der Waals surface area contributed by atoms with Gasteiger partial charge in [0.2, 0.25) is 5.90 Å². The summed E-state index contributed by atoms with van der Waals surface area (Å²) in [6.45, 7) is 2.56. The molecule has 0 spiro atoms. The van der Waals surface area contributed by atoms with Gasteiger partial charge in [0, 0.05) is 36.6 Å². The molecule has 3 N–H and O–H groups in total. The topological polar surface area (TPSA) is 126 Å². The molecule has 1 amide bonds. The second kappa shape index (κ2) is 15.3. The number of rotatable bonds is 16. The van der Waals surface area contributed by atoms with Crippen molar-refractivity contribution in [1.82, 2.24) is 10.9 Å². The Morgan fingerprint density at radius 1 is 1.09 bits per heavy atom. The van der Waals surface area contributed by atoms with Gasteiger partial charge in [-0.25, -0.2) is 23.2 Å². The van der Waals surface area contributed by atoms with E-state index in [4.69, 9.17) is 19.6 Å². The summed E-state index contributed by atoms with van der Waals surface area (Å²) in [6.07, 6.45) is -0.326. The van der Waals surface area contributed by atoms with Crippen molar-refractivity contribution in [1.29, 1.82) is 0 Å². The Morgan fingerprint density at radius 2 is 1.81 bits per heavy atom. The molecule has 12 heteroatoms. The molecular weight excluding hydrogens is 593 g/mol. The van der Waals surface area contributed by atoms with E-state index in [0.29, 0.717) is 42.4 Å². The second-order valence-electron chi connectivity index (χ2n) is 9.99. The van der Waals surface area contributed by atoms with Crippen LogP contribution in [0.4, 0.5) is 4.39 Å². The Morgan fingerprint density at radius 3 is 2.51 bits per heavy atom. The summed E-state index contributed by atoms with van der Waals surface area (Å²) >= 11 is 1.62. The third-order valence-electron chi connectivity index (χ3n) is 6.94. The van der Waals surface area contributed by atoms with Crippen molar-refractivity contribution < 1.29 is 32.2 Å². The quantitative estimate of drug-likeness (QED) is 0.161. The van der Waals surface area contributed by atoms with E-state index in [2.05, 4.69) is 10.9 Å². The first kappa shape index (κ1) is 32.5. The molecule has 4 rings (SSSR count). The normalized spacial score (nSPS) is 18.1. The van der Waals surface area contributed by atoms with E-state index < -0.39 is 27.4 Å². The van der Waals surface area contributed by atoms with Gasteiger partial charge >= 0.3 is 0 Å². The third-order valence-corrected chi connectivity index (χ3v) is 9.70. The Labute approximate surface area is 255 Å². The minimum Gasteiger partial charge on any atom is -0.494 e. The lowest BCUT2D eigenvalue weighted by Gasteiger charge is -2.28. The number of thioether (sulfide) groups is 1. The van der Waals surface area contributed by atoms with Crippen molar-refractivity contribution in [3.8, 4) is 5.75 Å². The van der Waals surface area contributed by atoms with E-state index in [1.807, 2.05) is 0 Å². The largest absolute Gasteiger partial charge is 0.494 e. The number of sulfone groups is 1. The van der Waals surface area contributed by atoms with Gasteiger partial charge in [0.1, 0.15) is 17.7 Å². The van der Waals surface area contributed by atoms with Crippen LogP contribution in [0.5, 0.6) is 5.75 Å². The second-order valence-corrected chi connectivity index (χ2v) is 13.2. The van der Waals surface area contributed by atoms with Gasteiger partial charge in [-0.2, -0.15) is 11.8 Å². The molecule has 2 atom stereocenters. The molecule has 1 heterocycles. The number of halogens is 1. The molecule has 0 saturated carbocycles. The first-order valence-corrected chi connectivity index (χ1v) is 16.8. The number of amides is 1. The highest BCUT2D eigenvalue weighted by Crippen LogP contribution is 2.33. The molecule has 0 fully saturated rings. The Kier molecular flexibility index (Phi) is 11.6. The van der Waals surface area contributed by atoms with Crippen LogP contribution in [0, 0.1) is 5.82 Å². The van der Waals surface area contributed by atoms with E-state index in [1.54, 1.807) is 73.3 Å². The summed E-state index contributed by atoms with van der Waals surface area (Å²) in [6, 6.07) is 21.4. The number of nitrogens with zero attached hydrogens (tertiary/aromatic N) is 1. The number of carbonyl (C=O) groups is 1. The molecule has 0 bridgehead atoms. The molecular formula is C31H36FN3O6S2. The van der Waals surface area contributed by atoms with Crippen molar-refractivity contribution in [2.24, 2.45) is 4.99 Å². The molecule has 230 valence electrons. The van der Waals surface area contributed by atoms with Crippen LogP contribution in [0.1, 0.15) is 30.9 Å². The number of hydrogen-bond donors (Lipinski definition) is 3. The third kappa shape index (κ3) is 8.79. The Balaban J connectivity index is 1.45. The number of benzene rings is 3. The maximum Gasteiger partial charge on any atom is 0.266 e. The number of hydrazine groups is 1. The Hall–Kier alpha value is -3.45. The molecule has 9 nitrogen and oxygen atoms in total. The summed E-state index contributed by atoms with van der Waals surface area (Å²) in [4.78, 5) is 18.5. The molecule has 3 aromatic carbocycles. The first-order valence-electron chi connectivity index (χ1n) is 14.0. The Bertz CT molecular complexity index is 1470. The SMILES string of the molecule is C[C@@H]1OC(c2ccc(OCCCO)cc2)=N[C@]1(CCS(=O)(=O)c1ccccc1)C(=O)NNCCSCc1ccc(F)cc1. The summed E-state index contributed by atoms with van der Waals surface area (Å²) in [5.41, 5.74) is 5.76. The molecule has 43 heavy (non-hydrogen) atoms. The number of aliphatic hydroxyl groups excluding tert-OH is 1. The van der Waals surface area contributed by atoms with Crippen LogP contribution < -0.4 is 15.6 Å². The standard InChI is InChI=1S/C31H36FN3O6S2/c1-23-31(16-21-43(38,39)28-6-3-2-4-7-28,30(37)35-33-17-20-42-22-24-8-12-26(32)13-9-24)34-29(41-23)25-10-14-27(15-11-25)40-19-5-18-36/h2-4,6-15,23,33,36H,5,16-22H2,1H3,(H,35,37)/t23-,31-/m0/s1. The molecule has 0 radical (unpaired) electrons. The van der Waals surface area contributed by atoms with Crippen LogP contribution >= 0.6 is 11.8 Å². The van der Waals surface area contributed by atoms with Gasteiger partial charge in [-0.15, -0.1) is 0 Å². The lowest BCUT2D eigenvalue weighted by atomic mass is 9.90. The van der Waals surface area contributed by atoms with E-state index in [1.165, 1.54) is 24.3 Å². The molecule has 3 aromatic rings. The van der Waals surface area contributed by atoms with Crippen LogP contribution in [0.3, 0.4) is 0 Å². The highest BCUT2D eigenvalue weighted by molar-refractivity contribution is 7.98. The lowest BCUT2D eigenvalue weighted by Crippen LogP contribution is -2.55. The number of nitrogens with one attached hydrogen (secondary N) is 2. The van der Waals surface area contributed by atoms with Crippen molar-refractivity contribution in [2.75, 3.05) is 31.3 Å². The summed E-state index contributed by atoms with van der Waals surface area (Å²) in [5.74, 6) is 1.13. The number of aliphatic imine (C=N–C) groups is 1. The average Bonchev–Trinajstić information content (AvgIpc) is 3.36. The number of aliphatic hydroxyl groups is 1. The van der Waals surface area contributed by atoms with Gasteiger partial charge in [0.25, 0.3) is 5.91 Å². The molecule has 0 aromatic heterocycles. The highest BCUT2D eigenvalue weighted by Gasteiger charge is 2.50. The number of carbonyl (C=O) groups excluding carboxylic acids is 1. The fraction of sp³-hybridized carbons (Fsp3) is 0.355. The lowest BCUT2D eigenvalue weighted by molar-refractivity contribution is -0.129. The van der Waals surface area contributed by atoms with Gasteiger partial charge in [-0.05, 0) is 67.4 Å². The summed E-state index contributed by atoms with van der Waals surface area (Å²) < 4.78 is 51.0.